The molecule has 4 aromatic rings. The molecule has 0 N–H and O–H groups in total. The van der Waals surface area contributed by atoms with Crippen LogP contribution in [0.25, 0.3) is 0 Å². The summed E-state index contributed by atoms with van der Waals surface area (Å²) in [7, 11) is -2.46. The number of rotatable bonds is 9. The van der Waals surface area contributed by atoms with Crippen LogP contribution in [0.4, 0.5) is 8.78 Å². The summed E-state index contributed by atoms with van der Waals surface area (Å²) in [4.78, 5) is 0. The fraction of sp³-hybridized carbons (Fsp3) is 0.294. The fourth-order valence-corrected chi connectivity index (χ4v) is 25.9. The summed E-state index contributed by atoms with van der Waals surface area (Å²) in [5.74, 6) is -0.382. The van der Waals surface area contributed by atoms with Crippen LogP contribution in [0.2, 0.25) is 0 Å². The zero-order valence-corrected chi connectivity index (χ0v) is 25.7. The van der Waals surface area contributed by atoms with E-state index in [0.29, 0.717) is 11.3 Å². The van der Waals surface area contributed by atoms with Gasteiger partial charge >= 0.3 is 0 Å². The Hall–Kier alpha value is -1.97. The number of hydrogen-bond acceptors (Lipinski definition) is 0. The zero-order valence-electron chi connectivity index (χ0n) is 23.0. The van der Waals surface area contributed by atoms with E-state index in [4.69, 9.17) is 0 Å². The van der Waals surface area contributed by atoms with E-state index in [9.17, 15) is 0 Å². The first-order valence-electron chi connectivity index (χ1n) is 14.0. The van der Waals surface area contributed by atoms with Gasteiger partial charge in [0.2, 0.25) is 0 Å². The molecule has 1 heterocycles. The molecule has 39 heavy (non-hydrogen) atoms. The van der Waals surface area contributed by atoms with Gasteiger partial charge in [-0.3, -0.25) is 0 Å². The molecule has 0 amide bonds. The Morgan fingerprint density at radius 1 is 0.667 bits per heavy atom. The van der Waals surface area contributed by atoms with Gasteiger partial charge in [0.1, 0.15) is 11.6 Å². The van der Waals surface area contributed by atoms with E-state index in [1.807, 2.05) is 24.3 Å². The second kappa shape index (κ2) is 13.1. The van der Waals surface area contributed by atoms with Crippen LogP contribution in [0.5, 0.6) is 0 Å². The van der Waals surface area contributed by atoms with Crippen molar-refractivity contribution in [2.45, 2.75) is 57.8 Å². The summed E-state index contributed by atoms with van der Waals surface area (Å²) < 4.78 is 31.3. The summed E-state index contributed by atoms with van der Waals surface area (Å²) in [6.45, 7) is 6.51. The van der Waals surface area contributed by atoms with Gasteiger partial charge in [0, 0.05) is 21.9 Å². The molecule has 3 atom stereocenters. The van der Waals surface area contributed by atoms with Crippen LogP contribution in [0, 0.1) is 25.5 Å². The summed E-state index contributed by atoms with van der Waals surface area (Å²) >= 11 is 0. The molecule has 0 saturated carbocycles. The van der Waals surface area contributed by atoms with Crippen molar-refractivity contribution in [2.75, 3.05) is 6.16 Å². The van der Waals surface area contributed by atoms with E-state index >= 15 is 8.78 Å². The molecule has 5 rings (SSSR count). The highest BCUT2D eigenvalue weighted by Crippen LogP contribution is 2.96. The summed E-state index contributed by atoms with van der Waals surface area (Å²) in [6.07, 6.45) is 5.50. The summed E-state index contributed by atoms with van der Waals surface area (Å²) in [5.41, 5.74) is 6.23. The molecule has 1 aliphatic heterocycles. The summed E-state index contributed by atoms with van der Waals surface area (Å²) in [5, 5.41) is 1.44. The van der Waals surface area contributed by atoms with Crippen LogP contribution >= 0.6 is 22.5 Å². The smallest absolute Gasteiger partial charge is 0.131 e. The van der Waals surface area contributed by atoms with Crippen LogP contribution in [0.3, 0.4) is 0 Å². The monoisotopic (exact) mass is 576 g/mol. The lowest BCUT2D eigenvalue weighted by atomic mass is 10.0. The van der Waals surface area contributed by atoms with Crippen molar-refractivity contribution >= 4 is 33.1 Å². The van der Waals surface area contributed by atoms with Crippen molar-refractivity contribution in [1.82, 2.24) is 0 Å². The third-order valence-electron chi connectivity index (χ3n) is 7.65. The Bertz CT molecular complexity index is 1270. The highest BCUT2D eigenvalue weighted by Gasteiger charge is 2.45. The average Bonchev–Trinajstić information content (AvgIpc) is 3.38. The Balaban J connectivity index is 1.71. The van der Waals surface area contributed by atoms with Crippen LogP contribution in [0.1, 0.15) is 66.2 Å². The van der Waals surface area contributed by atoms with Gasteiger partial charge in [-0.15, -0.1) is 0 Å². The number of aryl methyl sites for hydroxylation is 2. The molecular weight excluding hydrogens is 539 g/mol. The average molecular weight is 577 g/mol. The Labute approximate surface area is 236 Å². The molecule has 1 saturated heterocycles. The van der Waals surface area contributed by atoms with Crippen LogP contribution in [-0.4, -0.2) is 6.16 Å². The van der Waals surface area contributed by atoms with E-state index in [1.165, 1.54) is 22.3 Å². The highest BCUT2D eigenvalue weighted by atomic mass is 32.5. The molecule has 0 bridgehead atoms. The number of unbranched alkanes of at least 4 members (excludes halogenated alkanes) is 1. The Morgan fingerprint density at radius 2 is 1.10 bits per heavy atom. The van der Waals surface area contributed by atoms with Crippen LogP contribution in [0.15, 0.2) is 97.1 Å². The second-order valence-electron chi connectivity index (χ2n) is 10.5. The SMILES string of the molecule is CCCCP(P(c1ccccc1F)c1ccccc1F)P1[C@H](c2ccc(C)cc2)CC[C@H]1c1ccc(C)cc1. The van der Waals surface area contributed by atoms with E-state index in [0.717, 1.165) is 42.5 Å². The van der Waals surface area contributed by atoms with Gasteiger partial charge in [0.15, 0.2) is 0 Å². The minimum atomic E-state index is -1.18. The standard InChI is InChI=1S/C34H37F2P3/c1-4-5-24-37(39(33-12-8-6-10-29(33)35)34-13-9-7-11-30(34)36)38-31(27-18-14-25(2)15-19-27)22-23-32(38)28-20-16-26(3)17-21-28/h6-21,31-32H,4-5,22-24H2,1-3H3/t31-,32-,37?/m0/s1. The third kappa shape index (κ3) is 6.35. The number of halogens is 2. The van der Waals surface area contributed by atoms with E-state index < -0.39 is 22.5 Å². The molecule has 1 fully saturated rings. The molecule has 0 aromatic heterocycles. The van der Waals surface area contributed by atoms with Crippen molar-refractivity contribution in [2.24, 2.45) is 0 Å². The lowest BCUT2D eigenvalue weighted by molar-refractivity contribution is 0.634. The van der Waals surface area contributed by atoms with Crippen molar-refractivity contribution < 1.29 is 8.78 Å². The molecule has 0 radical (unpaired) electrons. The van der Waals surface area contributed by atoms with Crippen LogP contribution < -0.4 is 10.6 Å². The predicted octanol–water partition coefficient (Wildman–Crippen LogP) is 10.9. The third-order valence-corrected chi connectivity index (χ3v) is 24.0. The van der Waals surface area contributed by atoms with Crippen molar-refractivity contribution in [1.29, 1.82) is 0 Å². The second-order valence-corrected chi connectivity index (χ2v) is 21.7. The van der Waals surface area contributed by atoms with Gasteiger partial charge in [-0.25, -0.2) is 8.78 Å². The first kappa shape index (κ1) is 28.6. The van der Waals surface area contributed by atoms with Gasteiger partial charge in [-0.2, -0.15) is 0 Å². The first-order chi connectivity index (χ1) is 19.0. The normalized spacial score (nSPS) is 18.5. The number of hydrogen-bond donors (Lipinski definition) is 0. The molecule has 1 aliphatic rings. The van der Waals surface area contributed by atoms with Gasteiger partial charge in [-0.1, -0.05) is 117 Å². The minimum absolute atomic E-state index is 0.191. The molecular formula is C34H37F2P3. The zero-order chi connectivity index (χ0) is 27.4. The van der Waals surface area contributed by atoms with Crippen molar-refractivity contribution in [3.63, 3.8) is 0 Å². The van der Waals surface area contributed by atoms with E-state index in [-0.39, 0.29) is 11.6 Å². The fourth-order valence-electron chi connectivity index (χ4n) is 5.58. The Morgan fingerprint density at radius 3 is 1.51 bits per heavy atom. The quantitative estimate of drug-likeness (QED) is 0.174. The predicted molar refractivity (Wildman–Crippen MR) is 170 cm³/mol. The molecule has 202 valence electrons. The maximum atomic E-state index is 15.7. The lowest BCUT2D eigenvalue weighted by Gasteiger charge is -2.40. The van der Waals surface area contributed by atoms with Gasteiger partial charge < -0.3 is 0 Å². The molecule has 0 spiro atoms. The van der Waals surface area contributed by atoms with E-state index in [1.54, 1.807) is 24.3 Å². The summed E-state index contributed by atoms with van der Waals surface area (Å²) in [6, 6.07) is 32.5. The van der Waals surface area contributed by atoms with E-state index in [2.05, 4.69) is 69.3 Å². The maximum absolute atomic E-state index is 15.7. The van der Waals surface area contributed by atoms with Crippen molar-refractivity contribution in [3.05, 3.63) is 131 Å². The van der Waals surface area contributed by atoms with Gasteiger partial charge in [0.05, 0.1) is 0 Å². The largest absolute Gasteiger partial charge is 0.206 e. The molecule has 4 aromatic carbocycles. The number of benzene rings is 4. The van der Waals surface area contributed by atoms with Crippen LogP contribution in [-0.2, 0) is 0 Å². The van der Waals surface area contributed by atoms with Crippen molar-refractivity contribution in [3.8, 4) is 0 Å². The maximum Gasteiger partial charge on any atom is 0.131 e. The molecule has 0 nitrogen and oxygen atoms in total. The minimum Gasteiger partial charge on any atom is -0.206 e. The first-order valence-corrected chi connectivity index (χ1v) is 19.7. The molecule has 5 heteroatoms. The molecule has 0 aliphatic carbocycles. The highest BCUT2D eigenvalue weighted by molar-refractivity contribution is 8.63. The van der Waals surface area contributed by atoms with Gasteiger partial charge in [-0.05, 0) is 77.4 Å². The topological polar surface area (TPSA) is 0 Å². The lowest BCUT2D eigenvalue weighted by Crippen LogP contribution is -2.17. The Kier molecular flexibility index (Phi) is 9.61. The molecule has 1 unspecified atom stereocenters. The van der Waals surface area contributed by atoms with Gasteiger partial charge in [0.25, 0.3) is 0 Å².